The van der Waals surface area contributed by atoms with E-state index in [-0.39, 0.29) is 17.3 Å². The number of hydrogen-bond donors (Lipinski definition) is 3. The van der Waals surface area contributed by atoms with Gasteiger partial charge in [-0.05, 0) is 36.4 Å². The van der Waals surface area contributed by atoms with Gasteiger partial charge in [0.25, 0.3) is 0 Å². The van der Waals surface area contributed by atoms with Gasteiger partial charge >= 0.3 is 12.6 Å². The summed E-state index contributed by atoms with van der Waals surface area (Å²) in [6.07, 6.45) is 0. The first-order valence-electron chi connectivity index (χ1n) is 8.59. The van der Waals surface area contributed by atoms with Gasteiger partial charge in [-0.1, -0.05) is 19.1 Å². The standard InChI is InChI=1S/C18H19F2N5O3S/c1-11(16-24-14-4-2-3-5-15(14)25(16)17(19)20)10-22-18(26)23-12-6-8-13(9-7-12)29(21,27)28/h2-9,11,17H,10H2,1H3,(H2,21,27,28)(H2,22,23,26)/t11-/m1/s1. The SMILES string of the molecule is C[C@H](CNC(=O)Nc1ccc(S(N)(=O)=O)cc1)c1nc2ccccc2n1C(F)F. The van der Waals surface area contributed by atoms with Gasteiger partial charge in [0.1, 0.15) is 5.82 Å². The number of carbonyl (C=O) groups is 1. The van der Waals surface area contributed by atoms with Crippen molar-refractivity contribution in [3.05, 3.63) is 54.4 Å². The number of imidazole rings is 1. The lowest BCUT2D eigenvalue weighted by atomic mass is 10.1. The lowest BCUT2D eigenvalue weighted by Crippen LogP contribution is -2.32. The number of nitrogens with zero attached hydrogens (tertiary/aromatic N) is 2. The molecule has 11 heteroatoms. The molecule has 29 heavy (non-hydrogen) atoms. The number of anilines is 1. The van der Waals surface area contributed by atoms with Crippen LogP contribution < -0.4 is 15.8 Å². The van der Waals surface area contributed by atoms with E-state index >= 15 is 0 Å². The van der Waals surface area contributed by atoms with Crippen LogP contribution in [0.25, 0.3) is 11.0 Å². The van der Waals surface area contributed by atoms with Crippen LogP contribution in [0.4, 0.5) is 19.3 Å². The van der Waals surface area contributed by atoms with Crippen molar-refractivity contribution in [2.45, 2.75) is 24.3 Å². The Morgan fingerprint density at radius 2 is 1.83 bits per heavy atom. The molecule has 0 radical (unpaired) electrons. The van der Waals surface area contributed by atoms with E-state index in [0.717, 1.165) is 4.57 Å². The number of rotatable bonds is 6. The van der Waals surface area contributed by atoms with Gasteiger partial charge in [-0.25, -0.2) is 23.3 Å². The minimum Gasteiger partial charge on any atom is -0.337 e. The molecule has 0 saturated carbocycles. The number of nitrogens with two attached hydrogens (primary N) is 1. The van der Waals surface area contributed by atoms with Crippen LogP contribution >= 0.6 is 0 Å². The molecule has 0 unspecified atom stereocenters. The second-order valence-corrected chi connectivity index (χ2v) is 7.97. The minimum atomic E-state index is -3.82. The second-order valence-electron chi connectivity index (χ2n) is 6.41. The normalized spacial score (nSPS) is 12.9. The van der Waals surface area contributed by atoms with Gasteiger partial charge < -0.3 is 10.6 Å². The van der Waals surface area contributed by atoms with Gasteiger partial charge in [0.2, 0.25) is 10.0 Å². The number of aromatic nitrogens is 2. The number of amides is 2. The van der Waals surface area contributed by atoms with Gasteiger partial charge in [0.05, 0.1) is 15.9 Å². The summed E-state index contributed by atoms with van der Waals surface area (Å²) in [4.78, 5) is 16.3. The van der Waals surface area contributed by atoms with Crippen LogP contribution in [0.15, 0.2) is 53.4 Å². The summed E-state index contributed by atoms with van der Waals surface area (Å²) < 4.78 is 50.4. The Morgan fingerprint density at radius 3 is 2.45 bits per heavy atom. The first-order chi connectivity index (χ1) is 13.7. The van der Waals surface area contributed by atoms with Crippen molar-refractivity contribution in [2.24, 2.45) is 5.14 Å². The molecule has 0 bridgehead atoms. The van der Waals surface area contributed by atoms with Crippen molar-refractivity contribution in [1.29, 1.82) is 0 Å². The third-order valence-corrected chi connectivity index (χ3v) is 5.20. The molecule has 0 fully saturated rings. The van der Waals surface area contributed by atoms with E-state index in [1.54, 1.807) is 31.2 Å². The summed E-state index contributed by atoms with van der Waals surface area (Å²) in [6.45, 7) is -1.01. The van der Waals surface area contributed by atoms with E-state index in [0.29, 0.717) is 16.7 Å². The molecule has 1 heterocycles. The fourth-order valence-electron chi connectivity index (χ4n) is 2.86. The van der Waals surface area contributed by atoms with E-state index in [2.05, 4.69) is 15.6 Å². The fraction of sp³-hybridized carbons (Fsp3) is 0.222. The molecule has 1 aromatic heterocycles. The molecule has 2 amide bonds. The maximum absolute atomic E-state index is 13.5. The molecule has 0 aliphatic heterocycles. The number of hydrogen-bond acceptors (Lipinski definition) is 4. The van der Waals surface area contributed by atoms with Gasteiger partial charge in [-0.3, -0.25) is 4.57 Å². The van der Waals surface area contributed by atoms with Crippen LogP contribution in [0.5, 0.6) is 0 Å². The number of urea groups is 1. The van der Waals surface area contributed by atoms with Crippen molar-refractivity contribution in [1.82, 2.24) is 14.9 Å². The average Bonchev–Trinajstić information content (AvgIpc) is 3.05. The van der Waals surface area contributed by atoms with Crippen molar-refractivity contribution in [3.63, 3.8) is 0 Å². The van der Waals surface area contributed by atoms with E-state index < -0.39 is 28.5 Å². The summed E-state index contributed by atoms with van der Waals surface area (Å²) in [5.41, 5.74) is 1.13. The van der Waals surface area contributed by atoms with Crippen LogP contribution in [0.1, 0.15) is 25.2 Å². The molecular weight excluding hydrogens is 404 g/mol. The first-order valence-corrected chi connectivity index (χ1v) is 10.1. The quantitative estimate of drug-likeness (QED) is 0.565. The molecule has 3 rings (SSSR count). The average molecular weight is 423 g/mol. The van der Waals surface area contributed by atoms with Crippen molar-refractivity contribution in [3.8, 4) is 0 Å². The monoisotopic (exact) mass is 423 g/mol. The zero-order valence-corrected chi connectivity index (χ0v) is 16.2. The molecule has 1 atom stereocenters. The minimum absolute atomic E-state index is 0.0666. The number of fused-ring (bicyclic) bond motifs is 1. The van der Waals surface area contributed by atoms with Gasteiger partial charge in [0.15, 0.2) is 0 Å². The van der Waals surface area contributed by atoms with Gasteiger partial charge in [-0.2, -0.15) is 8.78 Å². The predicted molar refractivity (Wildman–Crippen MR) is 104 cm³/mol. The molecule has 0 spiro atoms. The highest BCUT2D eigenvalue weighted by atomic mass is 32.2. The van der Waals surface area contributed by atoms with Gasteiger partial charge in [0, 0.05) is 18.2 Å². The largest absolute Gasteiger partial charge is 0.337 e. The van der Waals surface area contributed by atoms with Crippen LogP contribution in [-0.2, 0) is 10.0 Å². The summed E-state index contributed by atoms with van der Waals surface area (Å²) >= 11 is 0. The molecule has 0 aliphatic rings. The molecule has 4 N–H and O–H groups in total. The van der Waals surface area contributed by atoms with Crippen LogP contribution in [-0.4, -0.2) is 30.5 Å². The number of alkyl halides is 2. The molecular formula is C18H19F2N5O3S. The molecule has 2 aromatic carbocycles. The summed E-state index contributed by atoms with van der Waals surface area (Å²) in [5.74, 6) is -0.314. The molecule has 8 nitrogen and oxygen atoms in total. The van der Waals surface area contributed by atoms with Crippen molar-refractivity contribution < 1.29 is 22.0 Å². The summed E-state index contributed by atoms with van der Waals surface area (Å²) in [6, 6.07) is 11.3. The Kier molecular flexibility index (Phi) is 5.80. The van der Waals surface area contributed by atoms with Crippen LogP contribution in [0, 0.1) is 0 Å². The molecule has 3 aromatic rings. The zero-order chi connectivity index (χ0) is 21.2. The second kappa shape index (κ2) is 8.13. The summed E-state index contributed by atoms with van der Waals surface area (Å²) in [7, 11) is -3.82. The van der Waals surface area contributed by atoms with Gasteiger partial charge in [-0.15, -0.1) is 0 Å². The summed E-state index contributed by atoms with van der Waals surface area (Å²) in [5, 5.41) is 10.1. The van der Waals surface area contributed by atoms with Crippen molar-refractivity contribution >= 4 is 32.8 Å². The molecule has 0 aliphatic carbocycles. The molecule has 0 saturated heterocycles. The highest BCUT2D eigenvalue weighted by molar-refractivity contribution is 7.89. The highest BCUT2D eigenvalue weighted by Crippen LogP contribution is 2.27. The van der Waals surface area contributed by atoms with E-state index in [4.69, 9.17) is 5.14 Å². The third-order valence-electron chi connectivity index (χ3n) is 4.27. The number of para-hydroxylation sites is 2. The predicted octanol–water partition coefficient (Wildman–Crippen LogP) is 3.00. The maximum Gasteiger partial charge on any atom is 0.320 e. The maximum atomic E-state index is 13.5. The number of halogens is 2. The number of sulfonamides is 1. The highest BCUT2D eigenvalue weighted by Gasteiger charge is 2.22. The lowest BCUT2D eigenvalue weighted by molar-refractivity contribution is 0.0704. The fourth-order valence-corrected chi connectivity index (χ4v) is 3.37. The Morgan fingerprint density at radius 1 is 1.17 bits per heavy atom. The topological polar surface area (TPSA) is 119 Å². The van der Waals surface area contributed by atoms with Crippen molar-refractivity contribution in [2.75, 3.05) is 11.9 Å². The first kappa shape index (κ1) is 20.7. The third kappa shape index (κ3) is 4.69. The Labute approximate surface area is 165 Å². The number of primary sulfonamides is 1. The lowest BCUT2D eigenvalue weighted by Gasteiger charge is -2.15. The Bertz CT molecular complexity index is 1130. The van der Waals surface area contributed by atoms with E-state index in [9.17, 15) is 22.0 Å². The van der Waals surface area contributed by atoms with E-state index in [1.807, 2.05) is 0 Å². The van der Waals surface area contributed by atoms with Crippen LogP contribution in [0.3, 0.4) is 0 Å². The smallest absolute Gasteiger partial charge is 0.320 e. The number of carbonyl (C=O) groups excluding carboxylic acids is 1. The molecule has 154 valence electrons. The Hall–Kier alpha value is -3.05. The van der Waals surface area contributed by atoms with Crippen LogP contribution in [0.2, 0.25) is 0 Å². The zero-order valence-electron chi connectivity index (χ0n) is 15.3. The number of nitrogens with one attached hydrogen (secondary N) is 2. The number of benzene rings is 2. The Balaban J connectivity index is 1.66. The van der Waals surface area contributed by atoms with E-state index in [1.165, 1.54) is 24.3 Å².